The first kappa shape index (κ1) is 24.3. The number of esters is 1. The van der Waals surface area contributed by atoms with E-state index in [0.29, 0.717) is 23.7 Å². The zero-order valence-corrected chi connectivity index (χ0v) is 21.3. The lowest BCUT2D eigenvalue weighted by atomic mass is 10.1. The molecule has 0 bridgehead atoms. The number of ether oxygens (including phenoxy) is 2. The molecule has 186 valence electrons. The third kappa shape index (κ3) is 4.71. The van der Waals surface area contributed by atoms with Gasteiger partial charge in [0.1, 0.15) is 18.0 Å². The summed E-state index contributed by atoms with van der Waals surface area (Å²) in [6.07, 6.45) is 3.82. The first-order valence-corrected chi connectivity index (χ1v) is 12.1. The number of rotatable bonds is 7. The highest BCUT2D eigenvalue weighted by molar-refractivity contribution is 7.80. The predicted molar refractivity (Wildman–Crippen MR) is 147 cm³/mol. The van der Waals surface area contributed by atoms with E-state index in [1.165, 1.54) is 22.5 Å². The van der Waals surface area contributed by atoms with Gasteiger partial charge in [0.15, 0.2) is 5.11 Å². The number of amides is 1. The first-order valence-electron chi connectivity index (χ1n) is 11.7. The number of carbonyl (C=O) groups is 2. The predicted octanol–water partition coefficient (Wildman–Crippen LogP) is 4.85. The highest BCUT2D eigenvalue weighted by Crippen LogP contribution is 2.32. The van der Waals surface area contributed by atoms with E-state index in [1.54, 1.807) is 37.5 Å². The van der Waals surface area contributed by atoms with Crippen LogP contribution in [0.25, 0.3) is 17.0 Å². The smallest absolute Gasteiger partial charge is 0.325 e. The molecule has 3 aromatic carbocycles. The Morgan fingerprint density at radius 1 is 0.946 bits per heavy atom. The molecule has 1 amide bonds. The Morgan fingerprint density at radius 2 is 1.65 bits per heavy atom. The number of nitrogens with zero attached hydrogens (tertiary/aromatic N) is 3. The van der Waals surface area contributed by atoms with E-state index >= 15 is 0 Å². The standard InChI is InChI=1S/C29H25N3O4S/c1-35-23-14-12-22(13-15-23)32-28(34)26(31(29(32)37)19-27(33)36-2)16-21-18-30(17-20-8-4-3-5-9-20)25-11-7-6-10-24(21)25/h3-16,18H,17,19H2,1-2H3/b26-16-. The van der Waals surface area contributed by atoms with Crippen molar-refractivity contribution in [3.05, 3.63) is 102 Å². The minimum atomic E-state index is -0.496. The van der Waals surface area contributed by atoms with Crippen LogP contribution in [0.4, 0.5) is 5.69 Å². The average molecular weight is 512 g/mol. The van der Waals surface area contributed by atoms with Gasteiger partial charge in [-0.25, -0.2) is 0 Å². The van der Waals surface area contributed by atoms with Crippen molar-refractivity contribution in [2.75, 3.05) is 25.7 Å². The van der Waals surface area contributed by atoms with Crippen molar-refractivity contribution >= 4 is 51.9 Å². The number of benzene rings is 3. The SMILES string of the molecule is COC(=O)CN1C(=S)N(c2ccc(OC)cc2)C(=O)/C1=C/c1cn(Cc2ccccc2)c2ccccc12. The Kier molecular flexibility index (Phi) is 6.74. The van der Waals surface area contributed by atoms with Crippen molar-refractivity contribution in [1.29, 1.82) is 0 Å². The molecule has 1 aliphatic heterocycles. The van der Waals surface area contributed by atoms with Crippen LogP contribution in [0.3, 0.4) is 0 Å². The molecule has 1 saturated heterocycles. The fourth-order valence-electron chi connectivity index (χ4n) is 4.43. The molecule has 0 saturated carbocycles. The van der Waals surface area contributed by atoms with Gasteiger partial charge in [-0.15, -0.1) is 0 Å². The van der Waals surface area contributed by atoms with Gasteiger partial charge in [0.25, 0.3) is 5.91 Å². The molecular formula is C29H25N3O4S. The Balaban J connectivity index is 1.59. The van der Waals surface area contributed by atoms with Gasteiger partial charge in [-0.2, -0.15) is 0 Å². The van der Waals surface area contributed by atoms with Crippen molar-refractivity contribution < 1.29 is 19.1 Å². The second kappa shape index (κ2) is 10.3. The Labute approximate surface area is 220 Å². The number of thiocarbonyl (C=S) groups is 1. The maximum atomic E-state index is 13.7. The zero-order valence-electron chi connectivity index (χ0n) is 20.5. The summed E-state index contributed by atoms with van der Waals surface area (Å²) in [5, 5.41) is 1.20. The van der Waals surface area contributed by atoms with Crippen LogP contribution in [0.2, 0.25) is 0 Å². The van der Waals surface area contributed by atoms with E-state index in [0.717, 1.165) is 16.5 Å². The quantitative estimate of drug-likeness (QED) is 0.201. The molecule has 0 unspecified atom stereocenters. The van der Waals surface area contributed by atoms with Crippen molar-refractivity contribution in [3.8, 4) is 5.75 Å². The molecule has 5 rings (SSSR count). The lowest BCUT2D eigenvalue weighted by molar-refractivity contribution is -0.140. The van der Waals surface area contributed by atoms with E-state index in [4.69, 9.17) is 21.7 Å². The maximum absolute atomic E-state index is 13.7. The number of aromatic nitrogens is 1. The molecular weight excluding hydrogens is 486 g/mol. The molecule has 0 N–H and O–H groups in total. The van der Waals surface area contributed by atoms with Crippen LogP contribution >= 0.6 is 12.2 Å². The monoisotopic (exact) mass is 511 g/mol. The fraction of sp³-hybridized carbons (Fsp3) is 0.138. The lowest BCUT2D eigenvalue weighted by Gasteiger charge is -2.19. The number of fused-ring (bicyclic) bond motifs is 1. The summed E-state index contributed by atoms with van der Waals surface area (Å²) in [7, 11) is 2.89. The molecule has 1 fully saturated rings. The summed E-state index contributed by atoms with van der Waals surface area (Å²) in [5.41, 5.74) is 3.94. The molecule has 7 nitrogen and oxygen atoms in total. The number of hydrogen-bond donors (Lipinski definition) is 0. The highest BCUT2D eigenvalue weighted by atomic mass is 32.1. The largest absolute Gasteiger partial charge is 0.497 e. The molecule has 8 heteroatoms. The van der Waals surface area contributed by atoms with Crippen LogP contribution in [-0.4, -0.2) is 47.2 Å². The van der Waals surface area contributed by atoms with Crippen LogP contribution in [0.15, 0.2) is 90.8 Å². The summed E-state index contributed by atoms with van der Waals surface area (Å²) >= 11 is 5.68. The second-order valence-electron chi connectivity index (χ2n) is 8.53. The minimum absolute atomic E-state index is 0.178. The van der Waals surface area contributed by atoms with Crippen LogP contribution in [0, 0.1) is 0 Å². The number of methoxy groups -OCH3 is 2. The highest BCUT2D eigenvalue weighted by Gasteiger charge is 2.40. The Hall–Kier alpha value is -4.43. The van der Waals surface area contributed by atoms with Gasteiger partial charge in [0.2, 0.25) is 0 Å². The third-order valence-electron chi connectivity index (χ3n) is 6.29. The van der Waals surface area contributed by atoms with Crippen molar-refractivity contribution in [2.24, 2.45) is 0 Å². The molecule has 37 heavy (non-hydrogen) atoms. The number of hydrogen-bond acceptors (Lipinski definition) is 5. The first-order chi connectivity index (χ1) is 18.0. The molecule has 4 aromatic rings. The van der Waals surface area contributed by atoms with Gasteiger partial charge >= 0.3 is 5.97 Å². The van der Waals surface area contributed by atoms with Crippen molar-refractivity contribution in [2.45, 2.75) is 6.54 Å². The van der Waals surface area contributed by atoms with Crippen molar-refractivity contribution in [3.63, 3.8) is 0 Å². The maximum Gasteiger partial charge on any atom is 0.325 e. The van der Waals surface area contributed by atoms with E-state index < -0.39 is 5.97 Å². The van der Waals surface area contributed by atoms with Gasteiger partial charge < -0.3 is 18.9 Å². The number of anilines is 1. The van der Waals surface area contributed by atoms with Crippen LogP contribution < -0.4 is 9.64 Å². The number of carbonyl (C=O) groups excluding carboxylic acids is 2. The van der Waals surface area contributed by atoms with Gasteiger partial charge in [0.05, 0.1) is 19.9 Å². The molecule has 1 aromatic heterocycles. The summed E-state index contributed by atoms with van der Waals surface area (Å²) in [5.74, 6) is -0.155. The molecule has 1 aliphatic rings. The lowest BCUT2D eigenvalue weighted by Crippen LogP contribution is -2.35. The molecule has 0 atom stereocenters. The Bertz CT molecular complexity index is 1510. The summed E-state index contributed by atoms with van der Waals surface area (Å²) in [6, 6.07) is 25.2. The summed E-state index contributed by atoms with van der Waals surface area (Å²) in [4.78, 5) is 28.9. The number of para-hydroxylation sites is 1. The van der Waals surface area contributed by atoms with Gasteiger partial charge in [-0.05, 0) is 54.2 Å². The Morgan fingerprint density at radius 3 is 2.35 bits per heavy atom. The van der Waals surface area contributed by atoms with Gasteiger partial charge in [-0.1, -0.05) is 48.5 Å². The van der Waals surface area contributed by atoms with Crippen LogP contribution in [0.5, 0.6) is 5.75 Å². The summed E-state index contributed by atoms with van der Waals surface area (Å²) < 4.78 is 12.3. The normalized spacial score (nSPS) is 14.6. The van der Waals surface area contributed by atoms with Crippen LogP contribution in [0.1, 0.15) is 11.1 Å². The average Bonchev–Trinajstić information content (AvgIpc) is 3.38. The van der Waals surface area contributed by atoms with E-state index in [1.807, 2.05) is 42.6 Å². The van der Waals surface area contributed by atoms with E-state index in [-0.39, 0.29) is 17.6 Å². The topological polar surface area (TPSA) is 64.0 Å². The van der Waals surface area contributed by atoms with E-state index in [9.17, 15) is 9.59 Å². The fourth-order valence-corrected chi connectivity index (χ4v) is 4.79. The molecule has 0 spiro atoms. The second-order valence-corrected chi connectivity index (χ2v) is 8.89. The van der Waals surface area contributed by atoms with Crippen LogP contribution in [-0.2, 0) is 20.9 Å². The minimum Gasteiger partial charge on any atom is -0.497 e. The third-order valence-corrected chi connectivity index (χ3v) is 6.69. The molecule has 2 heterocycles. The zero-order chi connectivity index (χ0) is 25.9. The van der Waals surface area contributed by atoms with Gasteiger partial charge in [0, 0.05) is 29.2 Å². The van der Waals surface area contributed by atoms with E-state index in [2.05, 4.69) is 22.8 Å². The van der Waals surface area contributed by atoms with Crippen molar-refractivity contribution in [1.82, 2.24) is 9.47 Å². The molecule has 0 aliphatic carbocycles. The molecule has 0 radical (unpaired) electrons. The van der Waals surface area contributed by atoms with Gasteiger partial charge in [-0.3, -0.25) is 14.5 Å². The summed E-state index contributed by atoms with van der Waals surface area (Å²) in [6.45, 7) is 0.503.